The number of aliphatic hydroxyl groups is 1. The highest BCUT2D eigenvalue weighted by Gasteiger charge is 2.39. The first kappa shape index (κ1) is 32.3. The average Bonchev–Trinajstić information content (AvgIpc) is 3.05. The van der Waals surface area contributed by atoms with Gasteiger partial charge < -0.3 is 25.0 Å². The van der Waals surface area contributed by atoms with E-state index in [1.54, 1.807) is 6.07 Å². The van der Waals surface area contributed by atoms with Gasteiger partial charge >= 0.3 is 5.97 Å². The number of ether oxygens (including phenoxy) is 2. The van der Waals surface area contributed by atoms with Crippen molar-refractivity contribution in [3.8, 4) is 0 Å². The first-order chi connectivity index (χ1) is 21.7. The zero-order valence-electron chi connectivity index (χ0n) is 26.1. The Morgan fingerprint density at radius 3 is 2.38 bits per heavy atom. The van der Waals surface area contributed by atoms with Gasteiger partial charge in [-0.3, -0.25) is 14.5 Å². The van der Waals surface area contributed by atoms with Gasteiger partial charge in [0, 0.05) is 42.6 Å². The number of fused-ring (bicyclic) bond motifs is 1. The van der Waals surface area contributed by atoms with Gasteiger partial charge in [-0.1, -0.05) is 79.7 Å². The van der Waals surface area contributed by atoms with Crippen LogP contribution in [-0.2, 0) is 25.7 Å². The van der Waals surface area contributed by atoms with Crippen LogP contribution in [0.15, 0.2) is 91.0 Å². The number of carbonyl (C=O) groups is 2. The molecule has 1 aliphatic rings. The lowest BCUT2D eigenvalue weighted by Gasteiger charge is -2.43. The van der Waals surface area contributed by atoms with E-state index in [0.29, 0.717) is 12.2 Å². The third kappa shape index (κ3) is 8.15. The van der Waals surface area contributed by atoms with E-state index in [-0.39, 0.29) is 55.9 Å². The molecule has 1 heterocycles. The molecular weight excluding hydrogens is 568 g/mol. The maximum atomic E-state index is 12.5. The first-order valence-electron chi connectivity index (χ1n) is 15.5. The van der Waals surface area contributed by atoms with E-state index in [1.165, 1.54) is 16.3 Å². The van der Waals surface area contributed by atoms with Gasteiger partial charge in [0.25, 0.3) is 0 Å². The van der Waals surface area contributed by atoms with Crippen LogP contribution < -0.4 is 5.32 Å². The fourth-order valence-electron chi connectivity index (χ4n) is 5.88. The number of hydrogen-bond donors (Lipinski definition) is 3. The second-order valence-corrected chi connectivity index (χ2v) is 12.0. The Hall–Kier alpha value is -4.08. The fraction of sp³-hybridized carbons (Fsp3) is 0.351. The molecule has 1 fully saturated rings. The van der Waals surface area contributed by atoms with Gasteiger partial charge in [-0.25, -0.2) is 0 Å². The molecule has 0 spiro atoms. The first-order valence-corrected chi connectivity index (χ1v) is 15.5. The van der Waals surface area contributed by atoms with Crippen LogP contribution in [0.25, 0.3) is 10.8 Å². The van der Waals surface area contributed by atoms with Crippen LogP contribution in [-0.4, -0.2) is 46.7 Å². The van der Waals surface area contributed by atoms with Crippen molar-refractivity contribution in [2.45, 2.75) is 64.3 Å². The van der Waals surface area contributed by atoms with E-state index in [4.69, 9.17) is 14.6 Å². The molecule has 1 aliphatic heterocycles. The van der Waals surface area contributed by atoms with Crippen LogP contribution in [0.5, 0.6) is 0 Å². The monoisotopic (exact) mass is 610 g/mol. The molecule has 8 nitrogen and oxygen atoms in total. The number of nitrogens with one attached hydrogen (secondary N) is 1. The van der Waals surface area contributed by atoms with Crippen LogP contribution in [0.3, 0.4) is 0 Å². The zero-order chi connectivity index (χ0) is 31.9. The van der Waals surface area contributed by atoms with Gasteiger partial charge in [0.2, 0.25) is 5.91 Å². The summed E-state index contributed by atoms with van der Waals surface area (Å²) >= 11 is 0. The highest BCUT2D eigenvalue weighted by Crippen LogP contribution is 2.42. The van der Waals surface area contributed by atoms with Crippen LogP contribution in [0, 0.1) is 5.92 Å². The second kappa shape index (κ2) is 14.8. The molecule has 0 aromatic heterocycles. The number of nitrogens with zero attached hydrogens (tertiary/aromatic N) is 1. The van der Waals surface area contributed by atoms with Crippen LogP contribution in [0.1, 0.15) is 73.8 Å². The molecule has 45 heavy (non-hydrogen) atoms. The number of carbonyl (C=O) groups excluding carboxylic acids is 1. The van der Waals surface area contributed by atoms with Crippen molar-refractivity contribution < 1.29 is 29.3 Å². The molecule has 3 N–H and O–H groups in total. The number of aliphatic carboxylic acids is 1. The summed E-state index contributed by atoms with van der Waals surface area (Å²) in [6, 6.07) is 30.4. The molecule has 4 aromatic carbocycles. The van der Waals surface area contributed by atoms with Crippen molar-refractivity contribution in [3.05, 3.63) is 113 Å². The summed E-state index contributed by atoms with van der Waals surface area (Å²) in [5.74, 6) is -1.14. The van der Waals surface area contributed by atoms with Gasteiger partial charge in [-0.15, -0.1) is 0 Å². The Kier molecular flexibility index (Phi) is 10.6. The lowest BCUT2D eigenvalue weighted by atomic mass is 9.89. The summed E-state index contributed by atoms with van der Waals surface area (Å²) in [5, 5.41) is 23.8. The summed E-state index contributed by atoms with van der Waals surface area (Å²) in [5.41, 5.74) is 4.45. The number of carboxylic acid groups (broad SMARTS) is 1. The summed E-state index contributed by atoms with van der Waals surface area (Å²) in [6.45, 7) is 5.00. The summed E-state index contributed by atoms with van der Waals surface area (Å²) in [6.07, 6.45) is -0.765. The van der Waals surface area contributed by atoms with Gasteiger partial charge in [-0.2, -0.15) is 0 Å². The quantitative estimate of drug-likeness (QED) is 0.158. The van der Waals surface area contributed by atoms with Crippen molar-refractivity contribution >= 4 is 28.3 Å². The fourth-order valence-corrected chi connectivity index (χ4v) is 5.88. The standard InChI is InChI=1S/C37H42N2O6/c1-24-33(22-39(3)25(2)29-19-18-27-8-4-5-9-30(27)20-29)44-37(45-36(24)28-16-14-26(23-40)15-17-28)31-10-6-11-32(21-31)38-34(41)12-7-13-35(42)43/h4-6,8-11,14-21,24-25,33,36-37,40H,7,12-13,22-23H2,1-3H3,(H,38,41)(H,42,43)/t24-,25-,33+,36+,37+/m1/s1. The Morgan fingerprint density at radius 1 is 0.889 bits per heavy atom. The lowest BCUT2D eigenvalue weighted by molar-refractivity contribution is -0.276. The molecule has 0 saturated carbocycles. The van der Waals surface area contributed by atoms with Crippen molar-refractivity contribution in [3.63, 3.8) is 0 Å². The number of hydrogen-bond acceptors (Lipinski definition) is 6. The number of anilines is 1. The van der Waals surface area contributed by atoms with Crippen molar-refractivity contribution in [1.82, 2.24) is 4.90 Å². The number of aliphatic hydroxyl groups excluding tert-OH is 1. The minimum Gasteiger partial charge on any atom is -0.481 e. The van der Waals surface area contributed by atoms with Gasteiger partial charge in [-0.05, 0) is 66.1 Å². The van der Waals surface area contributed by atoms with E-state index < -0.39 is 12.3 Å². The number of carboxylic acids is 1. The van der Waals surface area contributed by atoms with E-state index in [9.17, 15) is 14.7 Å². The SMILES string of the molecule is C[C@@H]1[C@H](CN(C)[C@H](C)c2ccc3ccccc3c2)O[C@H](c2cccc(NC(=O)CCCC(=O)O)c2)O[C@@H]1c1ccc(CO)cc1. The van der Waals surface area contributed by atoms with E-state index in [1.807, 2.05) is 42.5 Å². The predicted octanol–water partition coefficient (Wildman–Crippen LogP) is 7.01. The number of rotatable bonds is 12. The number of likely N-dealkylation sites (N-methyl/N-ethyl adjacent to an activating group) is 1. The highest BCUT2D eigenvalue weighted by molar-refractivity contribution is 5.91. The molecule has 1 amide bonds. The van der Waals surface area contributed by atoms with E-state index in [2.05, 4.69) is 73.6 Å². The molecule has 236 valence electrons. The summed E-state index contributed by atoms with van der Waals surface area (Å²) in [4.78, 5) is 25.6. The van der Waals surface area contributed by atoms with Gasteiger partial charge in [0.1, 0.15) is 0 Å². The van der Waals surface area contributed by atoms with Crippen LogP contribution >= 0.6 is 0 Å². The van der Waals surface area contributed by atoms with E-state index in [0.717, 1.165) is 16.7 Å². The third-order valence-electron chi connectivity index (χ3n) is 8.75. The Bertz CT molecular complexity index is 1610. The summed E-state index contributed by atoms with van der Waals surface area (Å²) < 4.78 is 13.3. The Morgan fingerprint density at radius 2 is 1.64 bits per heavy atom. The van der Waals surface area contributed by atoms with E-state index >= 15 is 0 Å². The molecule has 5 rings (SSSR count). The van der Waals surface area contributed by atoms with Gasteiger partial charge in [0.15, 0.2) is 6.29 Å². The van der Waals surface area contributed by atoms with Crippen molar-refractivity contribution in [2.24, 2.45) is 5.92 Å². The molecule has 8 heteroatoms. The average molecular weight is 611 g/mol. The van der Waals surface area contributed by atoms with Crippen LogP contribution in [0.4, 0.5) is 5.69 Å². The number of amides is 1. The molecule has 1 saturated heterocycles. The van der Waals surface area contributed by atoms with Gasteiger partial charge in [0.05, 0.1) is 18.8 Å². The Labute approximate surface area is 264 Å². The largest absolute Gasteiger partial charge is 0.481 e. The highest BCUT2D eigenvalue weighted by atomic mass is 16.7. The molecule has 0 unspecified atom stereocenters. The normalized spacial score (nSPS) is 20.6. The molecule has 5 atom stereocenters. The third-order valence-corrected chi connectivity index (χ3v) is 8.75. The maximum absolute atomic E-state index is 12.5. The molecule has 0 radical (unpaired) electrons. The smallest absolute Gasteiger partial charge is 0.303 e. The molecular formula is C37H42N2O6. The van der Waals surface area contributed by atoms with Crippen molar-refractivity contribution in [1.29, 1.82) is 0 Å². The maximum Gasteiger partial charge on any atom is 0.303 e. The second-order valence-electron chi connectivity index (χ2n) is 12.0. The predicted molar refractivity (Wildman–Crippen MR) is 175 cm³/mol. The molecule has 4 aromatic rings. The lowest BCUT2D eigenvalue weighted by Crippen LogP contribution is -2.44. The Balaban J connectivity index is 1.36. The topological polar surface area (TPSA) is 108 Å². The molecule has 0 aliphatic carbocycles. The minimum atomic E-state index is -0.918. The minimum absolute atomic E-state index is 0.0181. The van der Waals surface area contributed by atoms with Crippen LogP contribution in [0.2, 0.25) is 0 Å². The summed E-state index contributed by atoms with van der Waals surface area (Å²) in [7, 11) is 2.12. The molecule has 0 bridgehead atoms. The zero-order valence-corrected chi connectivity index (χ0v) is 26.1. The van der Waals surface area contributed by atoms with Crippen molar-refractivity contribution in [2.75, 3.05) is 18.9 Å². The number of benzene rings is 4.